The van der Waals surface area contributed by atoms with Crippen molar-refractivity contribution < 1.29 is 18.3 Å². The lowest BCUT2D eigenvalue weighted by atomic mass is 9.74. The van der Waals surface area contributed by atoms with Crippen LogP contribution in [0.1, 0.15) is 32.6 Å². The van der Waals surface area contributed by atoms with Crippen LogP contribution in [0.4, 0.5) is 18.3 Å². The molecule has 2 heterocycles. The Morgan fingerprint density at radius 1 is 1.30 bits per heavy atom. The average Bonchev–Trinajstić information content (AvgIpc) is 3.25. The molecule has 27 heavy (non-hydrogen) atoms. The molecule has 0 saturated heterocycles. The number of rotatable bonds is 3. The van der Waals surface area contributed by atoms with Crippen LogP contribution in [0, 0.1) is 11.8 Å². The van der Waals surface area contributed by atoms with Gasteiger partial charge >= 0.3 is 6.18 Å². The summed E-state index contributed by atoms with van der Waals surface area (Å²) < 4.78 is 42.1. The lowest BCUT2D eigenvalue weighted by molar-refractivity contribution is -0.270. The van der Waals surface area contributed by atoms with Gasteiger partial charge in [0, 0.05) is 16.7 Å². The van der Waals surface area contributed by atoms with E-state index in [1.807, 2.05) is 37.3 Å². The lowest BCUT2D eigenvalue weighted by Gasteiger charge is -2.39. The number of hydrazone groups is 1. The van der Waals surface area contributed by atoms with Gasteiger partial charge in [0.25, 0.3) is 5.72 Å². The van der Waals surface area contributed by atoms with Crippen LogP contribution in [0.3, 0.4) is 0 Å². The zero-order valence-corrected chi connectivity index (χ0v) is 15.6. The first kappa shape index (κ1) is 18.4. The summed E-state index contributed by atoms with van der Waals surface area (Å²) in [7, 11) is 0. The minimum absolute atomic E-state index is 0.0589. The number of halogens is 3. The summed E-state index contributed by atoms with van der Waals surface area (Å²) in [6.45, 7) is 1.97. The highest BCUT2D eigenvalue weighted by Crippen LogP contribution is 2.51. The summed E-state index contributed by atoms with van der Waals surface area (Å²) >= 11 is 1.06. The molecule has 4 nitrogen and oxygen atoms in total. The number of aromatic nitrogens is 1. The van der Waals surface area contributed by atoms with E-state index in [2.05, 4.69) is 10.1 Å². The smallest absolute Gasteiger partial charge is 0.362 e. The summed E-state index contributed by atoms with van der Waals surface area (Å²) in [5.74, 6) is -0.876. The number of benzene rings is 1. The van der Waals surface area contributed by atoms with Crippen molar-refractivity contribution in [1.82, 2.24) is 4.98 Å². The average molecular weight is 395 g/mol. The van der Waals surface area contributed by atoms with Gasteiger partial charge in [0.05, 0.1) is 11.6 Å². The van der Waals surface area contributed by atoms with Gasteiger partial charge in [0.2, 0.25) is 5.13 Å². The predicted octanol–water partition coefficient (Wildman–Crippen LogP) is 5.06. The van der Waals surface area contributed by atoms with Crippen LogP contribution in [0.15, 0.2) is 40.8 Å². The van der Waals surface area contributed by atoms with Crippen LogP contribution in [0.2, 0.25) is 0 Å². The molecule has 0 bridgehead atoms. The fraction of sp³-hybridized carbons (Fsp3) is 0.474. The highest BCUT2D eigenvalue weighted by Gasteiger charge is 2.68. The fourth-order valence-electron chi connectivity index (χ4n) is 3.96. The number of anilines is 1. The van der Waals surface area contributed by atoms with Gasteiger partial charge in [-0.05, 0) is 25.2 Å². The van der Waals surface area contributed by atoms with Crippen molar-refractivity contribution in [3.63, 3.8) is 0 Å². The third-order valence-electron chi connectivity index (χ3n) is 5.55. The van der Waals surface area contributed by atoms with E-state index in [-0.39, 0.29) is 11.0 Å². The molecule has 1 N–H and O–H groups in total. The Bertz CT molecular complexity index is 851. The number of thiazole rings is 1. The second-order valence-corrected chi connectivity index (χ2v) is 7.95. The molecule has 1 fully saturated rings. The van der Waals surface area contributed by atoms with E-state index in [1.54, 1.807) is 5.38 Å². The molecule has 3 unspecified atom stereocenters. The number of aliphatic hydroxyl groups is 1. The summed E-state index contributed by atoms with van der Waals surface area (Å²) in [5.41, 5.74) is -1.23. The topological polar surface area (TPSA) is 48.7 Å². The minimum Gasteiger partial charge on any atom is -0.362 e. The van der Waals surface area contributed by atoms with E-state index in [4.69, 9.17) is 0 Å². The summed E-state index contributed by atoms with van der Waals surface area (Å²) in [6.07, 6.45) is -2.46. The molecule has 4 rings (SSSR count). The first-order valence-electron chi connectivity index (χ1n) is 9.02. The van der Waals surface area contributed by atoms with Gasteiger partial charge in [-0.1, -0.05) is 43.7 Å². The number of hydrogen-bond acceptors (Lipinski definition) is 5. The van der Waals surface area contributed by atoms with Crippen molar-refractivity contribution >= 4 is 22.2 Å². The van der Waals surface area contributed by atoms with Crippen molar-refractivity contribution in [3.8, 4) is 11.3 Å². The first-order chi connectivity index (χ1) is 12.8. The molecule has 1 aromatic carbocycles. The highest BCUT2D eigenvalue weighted by atomic mass is 32.1. The Morgan fingerprint density at radius 3 is 2.70 bits per heavy atom. The molecule has 1 saturated carbocycles. The van der Waals surface area contributed by atoms with E-state index in [0.29, 0.717) is 29.3 Å². The molecule has 1 aromatic heterocycles. The van der Waals surface area contributed by atoms with Crippen LogP contribution in [-0.2, 0) is 0 Å². The largest absolute Gasteiger partial charge is 0.439 e. The van der Waals surface area contributed by atoms with E-state index >= 15 is 0 Å². The van der Waals surface area contributed by atoms with Gasteiger partial charge in [-0.2, -0.15) is 23.3 Å². The summed E-state index contributed by atoms with van der Waals surface area (Å²) in [4.78, 5) is 4.35. The third-order valence-corrected chi connectivity index (χ3v) is 6.37. The molecule has 0 radical (unpaired) electrons. The Labute approximate surface area is 159 Å². The molecule has 2 aromatic rings. The van der Waals surface area contributed by atoms with E-state index in [0.717, 1.165) is 29.7 Å². The van der Waals surface area contributed by atoms with Gasteiger partial charge in [-0.3, -0.25) is 0 Å². The molecule has 3 atom stereocenters. The predicted molar refractivity (Wildman–Crippen MR) is 99.6 cm³/mol. The molecule has 1 aliphatic carbocycles. The van der Waals surface area contributed by atoms with Gasteiger partial charge < -0.3 is 5.11 Å². The van der Waals surface area contributed by atoms with Gasteiger partial charge in [-0.15, -0.1) is 11.3 Å². The molecule has 0 spiro atoms. The number of hydrogen-bond donors (Lipinski definition) is 1. The Balaban J connectivity index is 1.73. The highest BCUT2D eigenvalue weighted by molar-refractivity contribution is 7.14. The number of alkyl halides is 3. The molecule has 0 amide bonds. The standard InChI is InChI=1S/C19H20F3N3OS/c1-2-12-8-9-15-14(10-12)18(26,19(20,21)22)25(24-15)17-23-16(11-27-17)13-6-4-3-5-7-13/h3-7,11-12,14,26H,2,8-10H2,1H3. The van der Waals surface area contributed by atoms with Crippen molar-refractivity contribution in [1.29, 1.82) is 0 Å². The third kappa shape index (κ3) is 2.95. The van der Waals surface area contributed by atoms with E-state index < -0.39 is 17.8 Å². The van der Waals surface area contributed by atoms with E-state index in [1.165, 1.54) is 0 Å². The van der Waals surface area contributed by atoms with Crippen LogP contribution in [0.25, 0.3) is 11.3 Å². The van der Waals surface area contributed by atoms with Crippen molar-refractivity contribution in [2.24, 2.45) is 16.9 Å². The number of nitrogens with zero attached hydrogens (tertiary/aromatic N) is 3. The molecule has 8 heteroatoms. The lowest BCUT2D eigenvalue weighted by Crippen LogP contribution is -2.60. The molecular formula is C19H20F3N3OS. The number of fused-ring (bicyclic) bond motifs is 1. The zero-order chi connectivity index (χ0) is 19.2. The fourth-order valence-corrected chi connectivity index (χ4v) is 4.80. The molecular weight excluding hydrogens is 375 g/mol. The normalized spacial score (nSPS) is 28.2. The van der Waals surface area contributed by atoms with Crippen LogP contribution in [0.5, 0.6) is 0 Å². The quantitative estimate of drug-likeness (QED) is 0.790. The SMILES string of the molecule is CCC1CCC2=NN(c3nc(-c4ccccc4)cs3)C(O)(C(F)(F)F)C2C1. The van der Waals surface area contributed by atoms with Crippen molar-refractivity contribution in [2.75, 3.05) is 5.01 Å². The Morgan fingerprint density at radius 2 is 2.04 bits per heavy atom. The van der Waals surface area contributed by atoms with Crippen LogP contribution < -0.4 is 5.01 Å². The zero-order valence-electron chi connectivity index (χ0n) is 14.8. The van der Waals surface area contributed by atoms with Gasteiger partial charge in [0.15, 0.2) is 0 Å². The molecule has 1 aliphatic heterocycles. The Hall–Kier alpha value is -1.93. The maximum atomic E-state index is 14.0. The maximum Gasteiger partial charge on any atom is 0.439 e. The van der Waals surface area contributed by atoms with Crippen molar-refractivity contribution in [3.05, 3.63) is 35.7 Å². The second kappa shape index (κ2) is 6.60. The van der Waals surface area contributed by atoms with Gasteiger partial charge in [-0.25, -0.2) is 4.98 Å². The second-order valence-electron chi connectivity index (χ2n) is 7.11. The molecule has 144 valence electrons. The first-order valence-corrected chi connectivity index (χ1v) is 9.90. The summed E-state index contributed by atoms with van der Waals surface area (Å²) in [6, 6.07) is 9.24. The maximum absolute atomic E-state index is 14.0. The van der Waals surface area contributed by atoms with Crippen LogP contribution in [-0.4, -0.2) is 27.7 Å². The van der Waals surface area contributed by atoms with Gasteiger partial charge in [0.1, 0.15) is 0 Å². The summed E-state index contributed by atoms with van der Waals surface area (Å²) in [5, 5.41) is 17.5. The minimum atomic E-state index is -4.84. The van der Waals surface area contributed by atoms with E-state index in [9.17, 15) is 18.3 Å². The Kier molecular flexibility index (Phi) is 4.50. The van der Waals surface area contributed by atoms with Crippen molar-refractivity contribution in [2.45, 2.75) is 44.5 Å². The monoisotopic (exact) mass is 395 g/mol. The molecule has 2 aliphatic rings. The van der Waals surface area contributed by atoms with Crippen LogP contribution >= 0.6 is 11.3 Å².